The van der Waals surface area contributed by atoms with E-state index in [1.165, 1.54) is 0 Å². The van der Waals surface area contributed by atoms with Crippen LogP contribution < -0.4 is 20.5 Å². The van der Waals surface area contributed by atoms with E-state index in [0.29, 0.717) is 30.4 Å². The maximum atomic E-state index is 11.7. The van der Waals surface area contributed by atoms with Gasteiger partial charge in [0.2, 0.25) is 5.91 Å². The highest BCUT2D eigenvalue weighted by Crippen LogP contribution is 2.30. The summed E-state index contributed by atoms with van der Waals surface area (Å²) in [5, 5.41) is 2.77. The lowest BCUT2D eigenvalue weighted by molar-refractivity contribution is -0.116. The zero-order chi connectivity index (χ0) is 15.0. The van der Waals surface area contributed by atoms with Crippen LogP contribution in [0.1, 0.15) is 13.3 Å². The highest BCUT2D eigenvalue weighted by molar-refractivity contribution is 5.91. The molecule has 7 heteroatoms. The van der Waals surface area contributed by atoms with Gasteiger partial charge in [0.25, 0.3) is 0 Å². The van der Waals surface area contributed by atoms with E-state index in [2.05, 4.69) is 5.32 Å². The minimum absolute atomic E-state index is 0. The second-order valence-corrected chi connectivity index (χ2v) is 4.44. The summed E-state index contributed by atoms with van der Waals surface area (Å²) >= 11 is 0. The highest BCUT2D eigenvalue weighted by Gasteiger charge is 2.09. The summed E-state index contributed by atoms with van der Waals surface area (Å²) in [4.78, 5) is 11.7. The summed E-state index contributed by atoms with van der Waals surface area (Å²) in [6.45, 7) is 2.67. The number of benzene rings is 1. The smallest absolute Gasteiger partial charge is 0.225 e. The third kappa shape index (κ3) is 7.17. The Morgan fingerprint density at radius 3 is 2.57 bits per heavy atom. The maximum absolute atomic E-state index is 11.7. The molecule has 0 heterocycles. The summed E-state index contributed by atoms with van der Waals surface area (Å²) in [7, 11) is 3.16. The molecule has 1 rings (SSSR count). The normalized spacial score (nSPS) is 11.2. The molecule has 1 unspecified atom stereocenters. The van der Waals surface area contributed by atoms with Gasteiger partial charge in [0, 0.05) is 31.3 Å². The van der Waals surface area contributed by atoms with Gasteiger partial charge >= 0.3 is 0 Å². The first kappa shape index (κ1) is 19.5. The molecule has 0 aromatic heterocycles. The molecule has 1 atom stereocenters. The van der Waals surface area contributed by atoms with Gasteiger partial charge in [0.05, 0.1) is 13.7 Å². The molecule has 21 heavy (non-hydrogen) atoms. The van der Waals surface area contributed by atoms with Crippen LogP contribution in [0.5, 0.6) is 11.5 Å². The Labute approximate surface area is 131 Å². The molecule has 0 radical (unpaired) electrons. The molecule has 0 bridgehead atoms. The fraction of sp³-hybridized carbons (Fsp3) is 0.500. The molecule has 1 amide bonds. The average molecular weight is 319 g/mol. The van der Waals surface area contributed by atoms with E-state index in [0.717, 1.165) is 0 Å². The molecular weight excluding hydrogens is 296 g/mol. The Kier molecular flexibility index (Phi) is 9.53. The van der Waals surface area contributed by atoms with Crippen molar-refractivity contribution in [3.05, 3.63) is 18.2 Å². The number of hydrogen-bond acceptors (Lipinski definition) is 5. The van der Waals surface area contributed by atoms with Crippen molar-refractivity contribution in [2.75, 3.05) is 32.8 Å². The van der Waals surface area contributed by atoms with Crippen LogP contribution in [-0.4, -0.2) is 39.4 Å². The molecule has 1 aromatic rings. The van der Waals surface area contributed by atoms with E-state index >= 15 is 0 Å². The number of ether oxygens (including phenoxy) is 3. The topological polar surface area (TPSA) is 82.8 Å². The van der Waals surface area contributed by atoms with E-state index in [9.17, 15) is 4.79 Å². The van der Waals surface area contributed by atoms with Crippen molar-refractivity contribution in [3.63, 3.8) is 0 Å². The van der Waals surface area contributed by atoms with Crippen LogP contribution >= 0.6 is 12.4 Å². The highest BCUT2D eigenvalue weighted by atomic mass is 35.5. The minimum atomic E-state index is -0.175. The van der Waals surface area contributed by atoms with Gasteiger partial charge in [-0.25, -0.2) is 0 Å². The number of hydrogen-bond donors (Lipinski definition) is 2. The van der Waals surface area contributed by atoms with Crippen LogP contribution in [0.15, 0.2) is 18.2 Å². The predicted molar refractivity (Wildman–Crippen MR) is 84.5 cm³/mol. The number of amides is 1. The number of rotatable bonds is 8. The first-order chi connectivity index (χ1) is 9.56. The third-order valence-corrected chi connectivity index (χ3v) is 2.50. The molecule has 0 aliphatic rings. The van der Waals surface area contributed by atoms with Crippen molar-refractivity contribution in [2.45, 2.75) is 19.4 Å². The van der Waals surface area contributed by atoms with Crippen molar-refractivity contribution < 1.29 is 19.0 Å². The number of methoxy groups -OCH3 is 2. The van der Waals surface area contributed by atoms with Crippen LogP contribution in [0.2, 0.25) is 0 Å². The number of anilines is 1. The van der Waals surface area contributed by atoms with Crippen molar-refractivity contribution >= 4 is 24.0 Å². The zero-order valence-electron chi connectivity index (χ0n) is 12.5. The maximum Gasteiger partial charge on any atom is 0.225 e. The number of carbonyl (C=O) groups excluding carboxylic acids is 1. The summed E-state index contributed by atoms with van der Waals surface area (Å²) < 4.78 is 15.7. The first-order valence-electron chi connectivity index (χ1n) is 6.42. The number of nitrogens with two attached hydrogens (primary N) is 1. The molecule has 0 fully saturated rings. The molecule has 120 valence electrons. The Morgan fingerprint density at radius 1 is 1.29 bits per heavy atom. The Morgan fingerprint density at radius 2 is 2.00 bits per heavy atom. The lowest BCUT2D eigenvalue weighted by Crippen LogP contribution is -2.24. The van der Waals surface area contributed by atoms with E-state index in [-0.39, 0.29) is 30.8 Å². The number of halogens is 1. The lowest BCUT2D eigenvalue weighted by atomic mass is 10.2. The van der Waals surface area contributed by atoms with E-state index in [4.69, 9.17) is 19.9 Å². The fourth-order valence-corrected chi connectivity index (χ4v) is 1.61. The van der Waals surface area contributed by atoms with E-state index in [1.807, 2.05) is 0 Å². The van der Waals surface area contributed by atoms with Crippen LogP contribution in [0.4, 0.5) is 5.69 Å². The molecule has 1 aromatic carbocycles. The van der Waals surface area contributed by atoms with E-state index < -0.39 is 0 Å². The van der Waals surface area contributed by atoms with Crippen LogP contribution in [-0.2, 0) is 9.53 Å². The number of nitrogens with one attached hydrogen (secondary N) is 1. The van der Waals surface area contributed by atoms with Crippen molar-refractivity contribution in [1.82, 2.24) is 0 Å². The van der Waals surface area contributed by atoms with Crippen molar-refractivity contribution in [1.29, 1.82) is 0 Å². The van der Waals surface area contributed by atoms with Gasteiger partial charge in [-0.1, -0.05) is 0 Å². The van der Waals surface area contributed by atoms with Crippen LogP contribution in [0, 0.1) is 0 Å². The average Bonchev–Trinajstić information content (AvgIpc) is 2.38. The van der Waals surface area contributed by atoms with Gasteiger partial charge in [0.1, 0.15) is 6.61 Å². The monoisotopic (exact) mass is 318 g/mol. The van der Waals surface area contributed by atoms with E-state index in [1.54, 1.807) is 39.3 Å². The predicted octanol–water partition coefficient (Wildman–Crippen LogP) is 1.82. The van der Waals surface area contributed by atoms with Gasteiger partial charge in [-0.2, -0.15) is 0 Å². The quantitative estimate of drug-likeness (QED) is 0.714. The van der Waals surface area contributed by atoms with Gasteiger partial charge in [0.15, 0.2) is 11.5 Å². The summed E-state index contributed by atoms with van der Waals surface area (Å²) in [6, 6.07) is 5.03. The molecular formula is C14H23ClN2O4. The van der Waals surface area contributed by atoms with Gasteiger partial charge < -0.3 is 25.3 Å². The zero-order valence-corrected chi connectivity index (χ0v) is 13.4. The molecule has 6 nitrogen and oxygen atoms in total. The van der Waals surface area contributed by atoms with Gasteiger partial charge in [-0.05, 0) is 19.1 Å². The Hall–Kier alpha value is -1.50. The summed E-state index contributed by atoms with van der Waals surface area (Å²) in [5.74, 6) is 1.03. The molecule has 0 aliphatic heterocycles. The van der Waals surface area contributed by atoms with Crippen molar-refractivity contribution in [3.8, 4) is 11.5 Å². The molecule has 0 saturated carbocycles. The van der Waals surface area contributed by atoms with Gasteiger partial charge in [-0.3, -0.25) is 4.79 Å². The molecule has 3 N–H and O–H groups in total. The molecule has 0 aliphatic carbocycles. The first-order valence-corrected chi connectivity index (χ1v) is 6.42. The van der Waals surface area contributed by atoms with Crippen LogP contribution in [0.25, 0.3) is 0 Å². The SMILES string of the molecule is COCCOc1cc(NC(=O)CC(C)N)ccc1OC.Cl. The van der Waals surface area contributed by atoms with Gasteiger partial charge in [-0.15, -0.1) is 12.4 Å². The Balaban J connectivity index is 0.00000400. The number of carbonyl (C=O) groups is 1. The summed E-state index contributed by atoms with van der Waals surface area (Å²) in [5.41, 5.74) is 6.23. The van der Waals surface area contributed by atoms with Crippen molar-refractivity contribution in [2.24, 2.45) is 5.73 Å². The largest absolute Gasteiger partial charge is 0.493 e. The second kappa shape index (κ2) is 10.3. The molecule has 0 saturated heterocycles. The second-order valence-electron chi connectivity index (χ2n) is 4.44. The fourth-order valence-electron chi connectivity index (χ4n) is 1.61. The standard InChI is InChI=1S/C14H22N2O4.ClH/c1-10(15)8-14(17)16-11-4-5-12(19-3)13(9-11)20-7-6-18-2;/h4-5,9-10H,6-8,15H2,1-3H3,(H,16,17);1H. The molecule has 0 spiro atoms. The Bertz CT molecular complexity index is 441. The van der Waals surface area contributed by atoms with Crippen LogP contribution in [0.3, 0.4) is 0 Å². The third-order valence-electron chi connectivity index (χ3n) is 2.50. The summed E-state index contributed by atoms with van der Waals surface area (Å²) in [6.07, 6.45) is 0.270. The minimum Gasteiger partial charge on any atom is -0.493 e. The lowest BCUT2D eigenvalue weighted by Gasteiger charge is -2.13.